The molecule has 4 rings (SSSR count). The van der Waals surface area contributed by atoms with Crippen molar-refractivity contribution < 1.29 is 23.4 Å². The summed E-state index contributed by atoms with van der Waals surface area (Å²) in [5.74, 6) is -0.553. The number of aromatic nitrogens is 1. The molecule has 0 aliphatic carbocycles. The quantitative estimate of drug-likeness (QED) is 0.596. The van der Waals surface area contributed by atoms with E-state index in [1.54, 1.807) is 25.3 Å². The second kappa shape index (κ2) is 5.59. The number of furan rings is 1. The molecule has 0 spiro atoms. The highest BCUT2D eigenvalue weighted by atomic mass is 19.1. The summed E-state index contributed by atoms with van der Waals surface area (Å²) >= 11 is 0. The average molecular weight is 337 g/mol. The molecule has 124 valence electrons. The first-order valence-corrected chi connectivity index (χ1v) is 7.47. The summed E-state index contributed by atoms with van der Waals surface area (Å²) in [6.07, 6.45) is 0. The number of pyridine rings is 1. The lowest BCUT2D eigenvalue weighted by molar-refractivity contribution is 0.0699. The van der Waals surface area contributed by atoms with Gasteiger partial charge in [0.15, 0.2) is 5.76 Å². The molecule has 6 heteroatoms. The highest BCUT2D eigenvalue weighted by Crippen LogP contribution is 2.31. The number of nitrogens with zero attached hydrogens (tertiary/aromatic N) is 1. The van der Waals surface area contributed by atoms with Crippen molar-refractivity contribution in [3.8, 4) is 17.2 Å². The third-order valence-corrected chi connectivity index (χ3v) is 3.98. The number of rotatable bonds is 3. The Balaban J connectivity index is 1.94. The largest absolute Gasteiger partial charge is 0.497 e. The van der Waals surface area contributed by atoms with Gasteiger partial charge in [0.1, 0.15) is 22.8 Å². The lowest BCUT2D eigenvalue weighted by atomic mass is 10.1. The van der Waals surface area contributed by atoms with Crippen LogP contribution in [0.2, 0.25) is 0 Å². The summed E-state index contributed by atoms with van der Waals surface area (Å²) < 4.78 is 24.4. The molecule has 0 saturated heterocycles. The van der Waals surface area contributed by atoms with E-state index in [2.05, 4.69) is 4.98 Å². The molecule has 2 aromatic heterocycles. The zero-order chi connectivity index (χ0) is 17.6. The number of carboxylic acid groups (broad SMARTS) is 1. The van der Waals surface area contributed by atoms with Crippen molar-refractivity contribution in [1.29, 1.82) is 0 Å². The highest BCUT2D eigenvalue weighted by Gasteiger charge is 2.16. The topological polar surface area (TPSA) is 72.6 Å². The molecule has 0 amide bonds. The van der Waals surface area contributed by atoms with E-state index in [1.807, 2.05) is 6.07 Å². The van der Waals surface area contributed by atoms with Crippen LogP contribution < -0.4 is 4.74 Å². The van der Waals surface area contributed by atoms with Gasteiger partial charge in [0.05, 0.1) is 18.2 Å². The van der Waals surface area contributed by atoms with E-state index in [-0.39, 0.29) is 10.9 Å². The fourth-order valence-electron chi connectivity index (χ4n) is 2.78. The van der Waals surface area contributed by atoms with Gasteiger partial charge in [-0.3, -0.25) is 0 Å². The Bertz CT molecular complexity index is 1130. The van der Waals surface area contributed by atoms with Crippen LogP contribution in [-0.2, 0) is 0 Å². The van der Waals surface area contributed by atoms with Crippen LogP contribution in [0.15, 0.2) is 52.9 Å². The number of carboxylic acids is 1. The Labute approximate surface area is 141 Å². The maximum absolute atomic E-state index is 13.5. The Hall–Kier alpha value is -3.41. The molecule has 4 aromatic rings. The van der Waals surface area contributed by atoms with Crippen molar-refractivity contribution in [2.75, 3.05) is 7.11 Å². The monoisotopic (exact) mass is 337 g/mol. The minimum atomic E-state index is -1.16. The number of fused-ring (bicyclic) bond motifs is 2. The van der Waals surface area contributed by atoms with Gasteiger partial charge in [-0.15, -0.1) is 0 Å². The van der Waals surface area contributed by atoms with Crippen molar-refractivity contribution in [2.45, 2.75) is 0 Å². The molecule has 0 radical (unpaired) electrons. The van der Waals surface area contributed by atoms with E-state index in [0.717, 1.165) is 5.39 Å². The summed E-state index contributed by atoms with van der Waals surface area (Å²) in [6, 6.07) is 12.4. The van der Waals surface area contributed by atoms with Crippen molar-refractivity contribution >= 4 is 27.8 Å². The third kappa shape index (κ3) is 2.57. The van der Waals surface area contributed by atoms with Gasteiger partial charge in [-0.25, -0.2) is 14.2 Å². The summed E-state index contributed by atoms with van der Waals surface area (Å²) in [5, 5.41) is 10.5. The van der Waals surface area contributed by atoms with E-state index in [0.29, 0.717) is 28.3 Å². The van der Waals surface area contributed by atoms with E-state index in [1.165, 1.54) is 24.3 Å². The number of carbonyl (C=O) groups is 1. The first kappa shape index (κ1) is 15.1. The molecule has 0 bridgehead atoms. The summed E-state index contributed by atoms with van der Waals surface area (Å²) in [7, 11) is 1.57. The molecular weight excluding hydrogens is 325 g/mol. The van der Waals surface area contributed by atoms with Gasteiger partial charge < -0.3 is 14.3 Å². The number of aromatic carboxylic acids is 1. The van der Waals surface area contributed by atoms with E-state index >= 15 is 0 Å². The fourth-order valence-corrected chi connectivity index (χ4v) is 2.78. The second-order valence-electron chi connectivity index (χ2n) is 5.54. The normalized spacial score (nSPS) is 11.1. The molecule has 0 atom stereocenters. The number of methoxy groups -OCH3 is 1. The van der Waals surface area contributed by atoms with Crippen LogP contribution in [-0.4, -0.2) is 23.2 Å². The van der Waals surface area contributed by atoms with Crippen molar-refractivity contribution in [3.05, 3.63) is 59.9 Å². The van der Waals surface area contributed by atoms with Gasteiger partial charge >= 0.3 is 5.97 Å². The number of halogens is 1. The zero-order valence-electron chi connectivity index (χ0n) is 13.1. The molecule has 1 N–H and O–H groups in total. The molecule has 0 fully saturated rings. The zero-order valence-corrected chi connectivity index (χ0v) is 13.1. The third-order valence-electron chi connectivity index (χ3n) is 3.98. The standard InChI is InChI=1S/C19H12FNO4/c1-24-12-3-5-17-10(6-12)7-18(25-17)16-9-14(19(22)23)13-8-11(20)2-4-15(13)21-16/h2-9H,1H3,(H,22,23). The lowest BCUT2D eigenvalue weighted by Crippen LogP contribution is -2.00. The van der Waals surface area contributed by atoms with Crippen LogP contribution in [0.4, 0.5) is 4.39 Å². The summed E-state index contributed by atoms with van der Waals surface area (Å²) in [5.41, 5.74) is 1.35. The second-order valence-corrected chi connectivity index (χ2v) is 5.54. The van der Waals surface area contributed by atoms with Crippen LogP contribution in [0, 0.1) is 5.82 Å². The Morgan fingerprint density at radius 2 is 2.00 bits per heavy atom. The van der Waals surface area contributed by atoms with Gasteiger partial charge in [0, 0.05) is 10.8 Å². The molecule has 0 aliphatic rings. The van der Waals surface area contributed by atoms with Gasteiger partial charge in [-0.1, -0.05) is 0 Å². The predicted octanol–water partition coefficient (Wildman–Crippen LogP) is 4.49. The summed E-state index contributed by atoms with van der Waals surface area (Å²) in [6.45, 7) is 0. The van der Waals surface area contributed by atoms with Crippen molar-refractivity contribution in [2.24, 2.45) is 0 Å². The van der Waals surface area contributed by atoms with Crippen LogP contribution in [0.3, 0.4) is 0 Å². The molecule has 0 saturated carbocycles. The highest BCUT2D eigenvalue weighted by molar-refractivity contribution is 6.03. The molecule has 0 unspecified atom stereocenters. The first-order valence-electron chi connectivity index (χ1n) is 7.47. The smallest absolute Gasteiger partial charge is 0.336 e. The minimum absolute atomic E-state index is 0.0301. The maximum atomic E-state index is 13.5. The van der Waals surface area contributed by atoms with E-state index < -0.39 is 11.8 Å². The van der Waals surface area contributed by atoms with Crippen LogP contribution in [0.1, 0.15) is 10.4 Å². The van der Waals surface area contributed by atoms with Gasteiger partial charge in [0.25, 0.3) is 0 Å². The fraction of sp³-hybridized carbons (Fsp3) is 0.0526. The van der Waals surface area contributed by atoms with Crippen molar-refractivity contribution in [1.82, 2.24) is 4.98 Å². The number of hydrogen-bond acceptors (Lipinski definition) is 4. The SMILES string of the molecule is COc1ccc2oc(-c3cc(C(=O)O)c4cc(F)ccc4n3)cc2c1. The molecule has 2 aromatic carbocycles. The Morgan fingerprint density at radius 3 is 2.76 bits per heavy atom. The maximum Gasteiger partial charge on any atom is 0.336 e. The Morgan fingerprint density at radius 1 is 1.16 bits per heavy atom. The van der Waals surface area contributed by atoms with E-state index in [9.17, 15) is 14.3 Å². The first-order chi connectivity index (χ1) is 12.0. The number of ether oxygens (including phenoxy) is 1. The summed E-state index contributed by atoms with van der Waals surface area (Å²) in [4.78, 5) is 16.0. The van der Waals surface area contributed by atoms with Gasteiger partial charge in [-0.2, -0.15) is 0 Å². The van der Waals surface area contributed by atoms with Gasteiger partial charge in [0.2, 0.25) is 0 Å². The van der Waals surface area contributed by atoms with E-state index in [4.69, 9.17) is 9.15 Å². The molecule has 25 heavy (non-hydrogen) atoms. The molecule has 0 aliphatic heterocycles. The molecule has 2 heterocycles. The predicted molar refractivity (Wildman–Crippen MR) is 90.4 cm³/mol. The van der Waals surface area contributed by atoms with Crippen LogP contribution >= 0.6 is 0 Å². The number of hydrogen-bond donors (Lipinski definition) is 1. The molecule has 5 nitrogen and oxygen atoms in total. The number of benzene rings is 2. The van der Waals surface area contributed by atoms with Gasteiger partial charge in [-0.05, 0) is 48.5 Å². The van der Waals surface area contributed by atoms with Crippen LogP contribution in [0.25, 0.3) is 33.3 Å². The lowest BCUT2D eigenvalue weighted by Gasteiger charge is -2.05. The van der Waals surface area contributed by atoms with Crippen LogP contribution in [0.5, 0.6) is 5.75 Å². The minimum Gasteiger partial charge on any atom is -0.497 e. The van der Waals surface area contributed by atoms with Crippen molar-refractivity contribution in [3.63, 3.8) is 0 Å². The Kier molecular flexibility index (Phi) is 3.39. The average Bonchev–Trinajstić information content (AvgIpc) is 3.03. The molecular formula is C19H12FNO4.